The summed E-state index contributed by atoms with van der Waals surface area (Å²) in [5.41, 5.74) is 2.16. The van der Waals surface area contributed by atoms with Crippen LogP contribution >= 0.6 is 0 Å². The summed E-state index contributed by atoms with van der Waals surface area (Å²) in [6.45, 7) is 6.37. The van der Waals surface area contributed by atoms with E-state index >= 15 is 0 Å². The van der Waals surface area contributed by atoms with Gasteiger partial charge in [0.2, 0.25) is 11.7 Å². The van der Waals surface area contributed by atoms with Crippen LogP contribution in [0.3, 0.4) is 0 Å². The lowest BCUT2D eigenvalue weighted by Gasteiger charge is -2.24. The molecule has 6 nitrogen and oxygen atoms in total. The molecule has 1 heterocycles. The molecular weight excluding hydrogens is 306 g/mol. The minimum atomic E-state index is -0.828. The smallest absolute Gasteiger partial charge is 0.320 e. The molecule has 1 N–H and O–H groups in total. The normalized spacial score (nSPS) is 15.9. The number of aromatic nitrogens is 2. The predicted octanol–water partition coefficient (Wildman–Crippen LogP) is 3.30. The molecule has 1 aliphatic carbocycles. The Morgan fingerprint density at radius 2 is 1.96 bits per heavy atom. The van der Waals surface area contributed by atoms with Gasteiger partial charge < -0.3 is 9.63 Å². The van der Waals surface area contributed by atoms with Crippen molar-refractivity contribution in [2.24, 2.45) is 0 Å². The van der Waals surface area contributed by atoms with Crippen LogP contribution in [0.1, 0.15) is 51.0 Å². The Bertz CT molecular complexity index is 705. The molecule has 1 fully saturated rings. The van der Waals surface area contributed by atoms with Crippen LogP contribution in [0.15, 0.2) is 28.8 Å². The molecule has 1 aromatic heterocycles. The number of carboxylic acids is 1. The average molecular weight is 329 g/mol. The molecule has 6 heteroatoms. The summed E-state index contributed by atoms with van der Waals surface area (Å²) in [5.74, 6) is 0.646. The number of hydrogen-bond donors (Lipinski definition) is 1. The maximum absolute atomic E-state index is 11.3. The zero-order chi connectivity index (χ0) is 17.3. The van der Waals surface area contributed by atoms with Gasteiger partial charge in [-0.3, -0.25) is 9.69 Å². The van der Waals surface area contributed by atoms with Crippen molar-refractivity contribution in [2.45, 2.75) is 58.2 Å². The molecule has 0 radical (unpaired) electrons. The van der Waals surface area contributed by atoms with E-state index in [4.69, 9.17) is 4.52 Å². The van der Waals surface area contributed by atoms with E-state index in [0.717, 1.165) is 18.4 Å². The predicted molar refractivity (Wildman–Crippen MR) is 89.5 cm³/mol. The number of carboxylic acid groups (broad SMARTS) is 1. The highest BCUT2D eigenvalue weighted by atomic mass is 16.5. The molecule has 1 aromatic carbocycles. The van der Waals surface area contributed by atoms with Crippen LogP contribution in [0.4, 0.5) is 0 Å². The summed E-state index contributed by atoms with van der Waals surface area (Å²) >= 11 is 0. The van der Waals surface area contributed by atoms with Crippen molar-refractivity contribution in [1.82, 2.24) is 15.0 Å². The van der Waals surface area contributed by atoms with Gasteiger partial charge >= 0.3 is 5.97 Å². The first-order valence-corrected chi connectivity index (χ1v) is 8.37. The van der Waals surface area contributed by atoms with Crippen LogP contribution in [0.2, 0.25) is 0 Å². The average Bonchev–Trinajstić information content (AvgIpc) is 3.30. The molecule has 0 aliphatic heterocycles. The topological polar surface area (TPSA) is 79.5 Å². The monoisotopic (exact) mass is 329 g/mol. The van der Waals surface area contributed by atoms with Crippen molar-refractivity contribution in [3.8, 4) is 11.4 Å². The second-order valence-corrected chi connectivity index (χ2v) is 6.71. The fourth-order valence-electron chi connectivity index (χ4n) is 2.74. The molecule has 3 rings (SSSR count). The van der Waals surface area contributed by atoms with E-state index in [-0.39, 0.29) is 0 Å². The van der Waals surface area contributed by atoms with E-state index in [2.05, 4.69) is 36.1 Å². The number of rotatable bonds is 7. The number of hydrogen-bond acceptors (Lipinski definition) is 5. The van der Waals surface area contributed by atoms with Crippen molar-refractivity contribution in [2.75, 3.05) is 0 Å². The van der Waals surface area contributed by atoms with Gasteiger partial charge in [0.05, 0.1) is 6.54 Å². The van der Waals surface area contributed by atoms with Crippen LogP contribution in [0.25, 0.3) is 11.4 Å². The van der Waals surface area contributed by atoms with Gasteiger partial charge in [-0.05, 0) is 31.2 Å². The molecule has 1 atom stereocenters. The fraction of sp³-hybridized carbons (Fsp3) is 0.500. The van der Waals surface area contributed by atoms with E-state index in [1.54, 1.807) is 6.92 Å². The molecule has 1 unspecified atom stereocenters. The zero-order valence-electron chi connectivity index (χ0n) is 14.3. The number of carbonyl (C=O) groups is 1. The highest BCUT2D eigenvalue weighted by Crippen LogP contribution is 2.30. The number of nitrogens with zero attached hydrogens (tertiary/aromatic N) is 3. The van der Waals surface area contributed by atoms with E-state index in [1.807, 2.05) is 17.0 Å². The Hall–Kier alpha value is -2.21. The largest absolute Gasteiger partial charge is 0.480 e. The van der Waals surface area contributed by atoms with Crippen molar-refractivity contribution in [1.29, 1.82) is 0 Å². The fourth-order valence-corrected chi connectivity index (χ4v) is 2.74. The first kappa shape index (κ1) is 16.6. The van der Waals surface area contributed by atoms with Gasteiger partial charge in [-0.15, -0.1) is 0 Å². The second-order valence-electron chi connectivity index (χ2n) is 6.71. The quantitative estimate of drug-likeness (QED) is 0.839. The van der Waals surface area contributed by atoms with E-state index in [9.17, 15) is 9.90 Å². The van der Waals surface area contributed by atoms with Gasteiger partial charge in [-0.2, -0.15) is 4.98 Å². The first-order chi connectivity index (χ1) is 11.5. The summed E-state index contributed by atoms with van der Waals surface area (Å²) < 4.78 is 5.34. The van der Waals surface area contributed by atoms with E-state index < -0.39 is 12.0 Å². The first-order valence-electron chi connectivity index (χ1n) is 8.37. The molecule has 0 saturated heterocycles. The summed E-state index contributed by atoms with van der Waals surface area (Å²) in [4.78, 5) is 17.6. The van der Waals surface area contributed by atoms with Crippen molar-refractivity contribution in [3.63, 3.8) is 0 Å². The summed E-state index contributed by atoms with van der Waals surface area (Å²) in [6, 6.07) is 7.86. The standard InChI is InChI=1S/C18H23N3O3/c1-11(2)13-4-6-14(7-5-13)17-19-16(24-20-17)10-21(15-8-9-15)12(3)18(22)23/h4-7,11-12,15H,8-10H2,1-3H3,(H,22,23). The van der Waals surface area contributed by atoms with Crippen LogP contribution in [0, 0.1) is 0 Å². The Balaban J connectivity index is 1.73. The molecule has 1 aliphatic rings. The zero-order valence-corrected chi connectivity index (χ0v) is 14.3. The van der Waals surface area contributed by atoms with Gasteiger partial charge in [-0.1, -0.05) is 43.3 Å². The highest BCUT2D eigenvalue weighted by Gasteiger charge is 2.36. The molecule has 0 bridgehead atoms. The summed E-state index contributed by atoms with van der Waals surface area (Å²) in [5, 5.41) is 13.3. The SMILES string of the molecule is CC(C)c1ccc(-c2noc(CN(C3CC3)C(C)C(=O)O)n2)cc1. The van der Waals surface area contributed by atoms with Crippen LogP contribution in [-0.4, -0.2) is 38.2 Å². The van der Waals surface area contributed by atoms with Crippen LogP contribution in [0.5, 0.6) is 0 Å². The van der Waals surface area contributed by atoms with Gasteiger partial charge in [0, 0.05) is 11.6 Å². The molecule has 0 spiro atoms. The molecular formula is C18H23N3O3. The Kier molecular flexibility index (Phi) is 4.66. The molecule has 0 amide bonds. The maximum atomic E-state index is 11.3. The molecule has 1 saturated carbocycles. The molecule has 128 valence electrons. The minimum Gasteiger partial charge on any atom is -0.480 e. The minimum absolute atomic E-state index is 0.303. The number of benzene rings is 1. The van der Waals surface area contributed by atoms with Crippen molar-refractivity contribution >= 4 is 5.97 Å². The summed E-state index contributed by atoms with van der Waals surface area (Å²) in [6.07, 6.45) is 2.05. The maximum Gasteiger partial charge on any atom is 0.320 e. The van der Waals surface area contributed by atoms with Crippen LogP contribution in [-0.2, 0) is 11.3 Å². The third kappa shape index (κ3) is 3.64. The van der Waals surface area contributed by atoms with Crippen molar-refractivity contribution in [3.05, 3.63) is 35.7 Å². The van der Waals surface area contributed by atoms with E-state index in [1.165, 1.54) is 5.56 Å². The van der Waals surface area contributed by atoms with Crippen molar-refractivity contribution < 1.29 is 14.4 Å². The summed E-state index contributed by atoms with van der Waals surface area (Å²) in [7, 11) is 0. The van der Waals surface area contributed by atoms with Gasteiger partial charge in [0.25, 0.3) is 0 Å². The van der Waals surface area contributed by atoms with E-state index in [0.29, 0.717) is 30.2 Å². The third-order valence-corrected chi connectivity index (χ3v) is 4.49. The van der Waals surface area contributed by atoms with Gasteiger partial charge in [-0.25, -0.2) is 0 Å². The van der Waals surface area contributed by atoms with Crippen LogP contribution < -0.4 is 0 Å². The lowest BCUT2D eigenvalue weighted by atomic mass is 10.0. The molecule has 2 aromatic rings. The Morgan fingerprint density at radius 3 is 2.50 bits per heavy atom. The lowest BCUT2D eigenvalue weighted by Crippen LogP contribution is -2.40. The molecule has 24 heavy (non-hydrogen) atoms. The third-order valence-electron chi connectivity index (χ3n) is 4.49. The highest BCUT2D eigenvalue weighted by molar-refractivity contribution is 5.73. The lowest BCUT2D eigenvalue weighted by molar-refractivity contribution is -0.143. The second kappa shape index (κ2) is 6.73. The van der Waals surface area contributed by atoms with Gasteiger partial charge in [0.15, 0.2) is 0 Å². The van der Waals surface area contributed by atoms with Gasteiger partial charge in [0.1, 0.15) is 6.04 Å². The Labute approximate surface area is 141 Å². The number of aliphatic carboxylic acids is 1. The Morgan fingerprint density at radius 1 is 1.29 bits per heavy atom.